The van der Waals surface area contributed by atoms with Crippen LogP contribution < -0.4 is 38.5 Å². The van der Waals surface area contributed by atoms with Crippen LogP contribution in [0.15, 0.2) is 0 Å². The minimum atomic E-state index is -0.0624. The van der Waals surface area contributed by atoms with E-state index < -0.39 is 0 Å². The Morgan fingerprint density at radius 1 is 0.571 bits per heavy atom. The number of nitrogens with one attached hydrogen (secondary N) is 4. The number of nitrogens with two attached hydrogens (primary N) is 3. The van der Waals surface area contributed by atoms with Gasteiger partial charge in [0.2, 0.25) is 17.7 Å². The Morgan fingerprint density at radius 3 is 1.43 bits per heavy atom. The lowest BCUT2D eigenvalue weighted by molar-refractivity contribution is -0.122. The highest BCUT2D eigenvalue weighted by molar-refractivity contribution is 5.77. The molecule has 0 rings (SSSR count). The largest absolute Gasteiger partial charge is 0.355 e. The topological polar surface area (TPSA) is 181 Å². The Bertz CT molecular complexity index is 413. The number of nitrogens with zero attached hydrogens (tertiary/aromatic N) is 1. The van der Waals surface area contributed by atoms with Gasteiger partial charge in [0.1, 0.15) is 0 Å². The molecule has 0 fully saturated rings. The van der Waals surface area contributed by atoms with Gasteiger partial charge in [-0.1, -0.05) is 0 Å². The van der Waals surface area contributed by atoms with Gasteiger partial charge in [-0.2, -0.15) is 0 Å². The molecule has 0 aromatic heterocycles. The van der Waals surface area contributed by atoms with Gasteiger partial charge >= 0.3 is 0 Å². The first-order valence-corrected chi connectivity index (χ1v) is 9.86. The van der Waals surface area contributed by atoms with E-state index in [1.54, 1.807) is 0 Å². The van der Waals surface area contributed by atoms with E-state index in [1.807, 2.05) is 4.90 Å². The van der Waals surface area contributed by atoms with Crippen molar-refractivity contribution in [1.29, 1.82) is 0 Å². The second-order valence-electron chi connectivity index (χ2n) is 6.26. The summed E-state index contributed by atoms with van der Waals surface area (Å²) in [6.07, 6.45) is 1.06. The van der Waals surface area contributed by atoms with Crippen LogP contribution in [0.3, 0.4) is 0 Å². The maximum absolute atomic E-state index is 11.8. The van der Waals surface area contributed by atoms with Crippen LogP contribution >= 0.6 is 0 Å². The molecule has 0 aromatic rings. The summed E-state index contributed by atoms with van der Waals surface area (Å²) in [6.45, 7) is 5.56. The lowest BCUT2D eigenvalue weighted by Gasteiger charge is -2.22. The van der Waals surface area contributed by atoms with Crippen molar-refractivity contribution < 1.29 is 14.4 Å². The van der Waals surface area contributed by atoms with Crippen molar-refractivity contribution in [3.8, 4) is 0 Å². The first kappa shape index (κ1) is 26.2. The van der Waals surface area contributed by atoms with Crippen molar-refractivity contribution in [3.63, 3.8) is 0 Å². The predicted octanol–water partition coefficient (Wildman–Crippen LogP) is -3.73. The molecule has 28 heavy (non-hydrogen) atoms. The molecule has 0 bridgehead atoms. The predicted molar refractivity (Wildman–Crippen MR) is 109 cm³/mol. The number of carbonyl (C=O) groups is 3. The minimum absolute atomic E-state index is 0.0389. The average molecular weight is 403 g/mol. The quantitative estimate of drug-likeness (QED) is 0.114. The zero-order chi connectivity index (χ0) is 21.0. The van der Waals surface area contributed by atoms with Gasteiger partial charge in [0.25, 0.3) is 0 Å². The fourth-order valence-corrected chi connectivity index (χ4v) is 2.32. The Balaban J connectivity index is 4.18. The number of carbonyl (C=O) groups excluding carboxylic acids is 3. The van der Waals surface area contributed by atoms with Crippen molar-refractivity contribution in [1.82, 2.24) is 26.2 Å². The number of hydrogen-bond acceptors (Lipinski definition) is 8. The van der Waals surface area contributed by atoms with E-state index in [-0.39, 0.29) is 17.7 Å². The SMILES string of the molecule is NCCNC(=O)CCNCCN(CCC(=O)NCCN)CCC(=O)NCCN. The maximum atomic E-state index is 11.8. The molecular formula is C17H38N8O3. The maximum Gasteiger partial charge on any atom is 0.221 e. The zero-order valence-electron chi connectivity index (χ0n) is 16.8. The van der Waals surface area contributed by atoms with Gasteiger partial charge in [-0.3, -0.25) is 14.4 Å². The van der Waals surface area contributed by atoms with E-state index in [1.165, 1.54) is 0 Å². The van der Waals surface area contributed by atoms with E-state index in [0.29, 0.717) is 91.3 Å². The van der Waals surface area contributed by atoms with E-state index in [9.17, 15) is 14.4 Å². The van der Waals surface area contributed by atoms with Crippen LogP contribution in [0.25, 0.3) is 0 Å². The molecule has 0 heterocycles. The molecule has 3 amide bonds. The molecule has 0 aliphatic heterocycles. The Kier molecular flexibility index (Phi) is 17.4. The van der Waals surface area contributed by atoms with Crippen molar-refractivity contribution >= 4 is 17.7 Å². The molecule has 0 unspecified atom stereocenters. The van der Waals surface area contributed by atoms with E-state index in [2.05, 4.69) is 21.3 Å². The standard InChI is InChI=1S/C17H38N8O3/c18-4-8-22-15(26)1-7-21-11-14-25(12-2-16(27)23-9-5-19)13-3-17(28)24-10-6-20/h21H,1-14,18-20H2,(H,22,26)(H,23,27)(H,24,28). The van der Waals surface area contributed by atoms with Gasteiger partial charge in [0.05, 0.1) is 0 Å². The highest BCUT2D eigenvalue weighted by Crippen LogP contribution is 1.95. The van der Waals surface area contributed by atoms with Crippen molar-refractivity contribution in [2.45, 2.75) is 19.3 Å². The van der Waals surface area contributed by atoms with Crippen LogP contribution in [-0.4, -0.2) is 94.6 Å². The van der Waals surface area contributed by atoms with E-state index in [0.717, 1.165) is 0 Å². The van der Waals surface area contributed by atoms with Crippen molar-refractivity contribution in [2.75, 3.05) is 72.0 Å². The molecular weight excluding hydrogens is 364 g/mol. The van der Waals surface area contributed by atoms with Crippen LogP contribution in [0.5, 0.6) is 0 Å². The first-order chi connectivity index (χ1) is 13.5. The highest BCUT2D eigenvalue weighted by atomic mass is 16.2. The molecule has 0 spiro atoms. The van der Waals surface area contributed by atoms with Gasteiger partial charge in [0.15, 0.2) is 0 Å². The van der Waals surface area contributed by atoms with Crippen LogP contribution in [0.2, 0.25) is 0 Å². The lowest BCUT2D eigenvalue weighted by Crippen LogP contribution is -2.39. The molecule has 11 nitrogen and oxygen atoms in total. The van der Waals surface area contributed by atoms with Crippen molar-refractivity contribution in [3.05, 3.63) is 0 Å². The van der Waals surface area contributed by atoms with Gasteiger partial charge in [-0.05, 0) is 0 Å². The van der Waals surface area contributed by atoms with Gasteiger partial charge < -0.3 is 43.4 Å². The van der Waals surface area contributed by atoms with E-state index in [4.69, 9.17) is 17.2 Å². The third-order valence-electron chi connectivity index (χ3n) is 3.84. The third-order valence-corrected chi connectivity index (χ3v) is 3.84. The normalized spacial score (nSPS) is 10.7. The number of hydrogen-bond donors (Lipinski definition) is 7. The highest BCUT2D eigenvalue weighted by Gasteiger charge is 2.10. The van der Waals surface area contributed by atoms with Crippen LogP contribution in [0.1, 0.15) is 19.3 Å². The fraction of sp³-hybridized carbons (Fsp3) is 0.824. The van der Waals surface area contributed by atoms with Crippen LogP contribution in [-0.2, 0) is 14.4 Å². The lowest BCUT2D eigenvalue weighted by atomic mass is 10.3. The molecule has 11 heteroatoms. The fourth-order valence-electron chi connectivity index (χ4n) is 2.32. The molecule has 0 radical (unpaired) electrons. The monoisotopic (exact) mass is 402 g/mol. The summed E-state index contributed by atoms with van der Waals surface area (Å²) in [5.74, 6) is -0.164. The molecule has 0 aliphatic rings. The van der Waals surface area contributed by atoms with Gasteiger partial charge in [-0.25, -0.2) is 0 Å². The molecule has 0 saturated carbocycles. The summed E-state index contributed by atoms with van der Waals surface area (Å²) < 4.78 is 0. The zero-order valence-corrected chi connectivity index (χ0v) is 16.8. The summed E-state index contributed by atoms with van der Waals surface area (Å²) >= 11 is 0. The number of amides is 3. The van der Waals surface area contributed by atoms with Crippen molar-refractivity contribution in [2.24, 2.45) is 17.2 Å². The summed E-state index contributed by atoms with van der Waals surface area (Å²) in [4.78, 5) is 37.1. The molecule has 0 aliphatic carbocycles. The van der Waals surface area contributed by atoms with Gasteiger partial charge in [0, 0.05) is 91.3 Å². The summed E-state index contributed by atoms with van der Waals surface area (Å²) in [7, 11) is 0. The smallest absolute Gasteiger partial charge is 0.221 e. The summed E-state index contributed by atoms with van der Waals surface area (Å²) in [5, 5.41) is 11.4. The third kappa shape index (κ3) is 16.4. The number of rotatable bonds is 18. The van der Waals surface area contributed by atoms with Crippen LogP contribution in [0, 0.1) is 0 Å². The van der Waals surface area contributed by atoms with E-state index >= 15 is 0 Å². The average Bonchev–Trinajstić information content (AvgIpc) is 2.69. The molecule has 10 N–H and O–H groups in total. The Labute approximate surface area is 167 Å². The second-order valence-corrected chi connectivity index (χ2v) is 6.26. The molecule has 0 aromatic carbocycles. The summed E-state index contributed by atoms with van der Waals surface area (Å²) in [5.41, 5.74) is 16.1. The first-order valence-electron chi connectivity index (χ1n) is 9.86. The summed E-state index contributed by atoms with van der Waals surface area (Å²) in [6, 6.07) is 0. The Morgan fingerprint density at radius 2 is 1.00 bits per heavy atom. The molecule has 164 valence electrons. The molecule has 0 atom stereocenters. The molecule has 0 saturated heterocycles. The minimum Gasteiger partial charge on any atom is -0.355 e. The second kappa shape index (κ2) is 18.6. The Hall–Kier alpha value is -1.79. The van der Waals surface area contributed by atoms with Gasteiger partial charge in [-0.15, -0.1) is 0 Å². The van der Waals surface area contributed by atoms with Crippen LogP contribution in [0.4, 0.5) is 0 Å².